The number of aliphatic carboxylic acids is 3. The summed E-state index contributed by atoms with van der Waals surface area (Å²) in [6, 6.07) is 2.40. The number of thiol groups is 1. The van der Waals surface area contributed by atoms with Gasteiger partial charge in [-0.3, -0.25) is 57.5 Å². The highest BCUT2D eigenvalue weighted by atomic mass is 32.1. The molecule has 30 heteroatoms. The van der Waals surface area contributed by atoms with Crippen LogP contribution in [0.3, 0.4) is 0 Å². The molecule has 0 radical (unpaired) electrons. The number of carboxylic acids is 3. The van der Waals surface area contributed by atoms with Crippen molar-refractivity contribution in [1.82, 2.24) is 47.9 Å². The number of amides is 10. The highest BCUT2D eigenvalue weighted by molar-refractivity contribution is 7.80. The van der Waals surface area contributed by atoms with Gasteiger partial charge in [0.2, 0.25) is 59.1 Å². The normalized spacial score (nSPS) is 14.7. The first-order chi connectivity index (χ1) is 37.6. The van der Waals surface area contributed by atoms with Crippen molar-refractivity contribution in [3.63, 3.8) is 0 Å². The van der Waals surface area contributed by atoms with Gasteiger partial charge in [-0.15, -0.1) is 0 Å². The maximum atomic E-state index is 13.9. The van der Waals surface area contributed by atoms with Crippen LogP contribution in [0, 0.1) is 5.92 Å². The summed E-state index contributed by atoms with van der Waals surface area (Å²) in [6.45, 7) is 2.55. The largest absolute Gasteiger partial charge is 0.481 e. The Hall–Kier alpha value is -8.22. The van der Waals surface area contributed by atoms with Crippen molar-refractivity contribution in [2.24, 2.45) is 17.4 Å². The third-order valence-electron chi connectivity index (χ3n) is 11.6. The van der Waals surface area contributed by atoms with Gasteiger partial charge in [-0.05, 0) is 49.7 Å². The SMILES string of the molecule is CC(C)C[C@H](NC(=O)CNC(=O)[C@H](CC(N)=O)NC(=O)[C@@H](NC(=O)[C@H](CCC(=O)O)NC(=O)[C@H](CS)NC(=O)[C@H](Cc1ccccc1)NC(=O)[C@H](CO)NC(=O)[C@@H](N)Cc1ccccc1)[C@@H](C)O)C(=O)N[C@@H](CCC(=O)O)C(=O)O. The van der Waals surface area contributed by atoms with Gasteiger partial charge in [0.25, 0.3) is 0 Å². The zero-order valence-corrected chi connectivity index (χ0v) is 44.9. The van der Waals surface area contributed by atoms with Crippen molar-refractivity contribution >= 4 is 89.6 Å². The third-order valence-corrected chi connectivity index (χ3v) is 12.0. The van der Waals surface area contributed by atoms with Crippen LogP contribution in [0.1, 0.15) is 70.4 Å². The van der Waals surface area contributed by atoms with Crippen LogP contribution in [0.4, 0.5) is 0 Å². The molecule has 2 aromatic carbocycles. The van der Waals surface area contributed by atoms with E-state index in [9.17, 15) is 82.8 Å². The number of nitrogens with one attached hydrogen (secondary N) is 9. The Morgan fingerprint density at radius 3 is 1.48 bits per heavy atom. The molecule has 2 rings (SSSR count). The predicted molar refractivity (Wildman–Crippen MR) is 284 cm³/mol. The lowest BCUT2D eigenvalue weighted by Gasteiger charge is -2.28. The quantitative estimate of drug-likeness (QED) is 0.0284. The van der Waals surface area contributed by atoms with Crippen molar-refractivity contribution < 1.29 is 87.9 Å². The number of aliphatic hydroxyl groups excluding tert-OH is 2. The molecule has 0 aromatic heterocycles. The van der Waals surface area contributed by atoms with Crippen molar-refractivity contribution in [3.8, 4) is 0 Å². The molecule has 0 aliphatic carbocycles. The lowest BCUT2D eigenvalue weighted by atomic mass is 10.0. The molecule has 0 unspecified atom stereocenters. The molecule has 0 saturated heterocycles. The number of nitrogens with two attached hydrogens (primary N) is 2. The summed E-state index contributed by atoms with van der Waals surface area (Å²) in [5, 5.41) is 69.1. The number of carboxylic acid groups (broad SMARTS) is 3. The highest BCUT2D eigenvalue weighted by Crippen LogP contribution is 2.10. The number of hydrogen-bond acceptors (Lipinski definition) is 17. The van der Waals surface area contributed by atoms with E-state index in [2.05, 4.69) is 60.5 Å². The number of rotatable bonds is 36. The summed E-state index contributed by atoms with van der Waals surface area (Å²) in [4.78, 5) is 167. The van der Waals surface area contributed by atoms with E-state index < -0.39 is 188 Å². The van der Waals surface area contributed by atoms with Gasteiger partial charge in [0.05, 0.1) is 31.7 Å². The van der Waals surface area contributed by atoms with Crippen LogP contribution in [0.15, 0.2) is 60.7 Å². The molecular formula is C50H71N11O18S. The maximum Gasteiger partial charge on any atom is 0.326 e. The molecular weight excluding hydrogens is 1070 g/mol. The zero-order chi connectivity index (χ0) is 60.2. The summed E-state index contributed by atoms with van der Waals surface area (Å²) in [5.41, 5.74) is 12.6. The van der Waals surface area contributed by atoms with Crippen LogP contribution in [-0.4, -0.2) is 182 Å². The summed E-state index contributed by atoms with van der Waals surface area (Å²) in [5.74, 6) is -15.9. The van der Waals surface area contributed by atoms with Crippen LogP contribution < -0.4 is 59.3 Å². The van der Waals surface area contributed by atoms with E-state index in [1.165, 1.54) is 0 Å². The van der Waals surface area contributed by atoms with Crippen LogP contribution in [0.25, 0.3) is 0 Å². The van der Waals surface area contributed by atoms with Gasteiger partial charge in [0.15, 0.2) is 0 Å². The fourth-order valence-electron chi connectivity index (χ4n) is 7.41. The minimum absolute atomic E-state index is 0.0438. The molecule has 0 saturated carbocycles. The third kappa shape index (κ3) is 25.1. The lowest BCUT2D eigenvalue weighted by molar-refractivity contribution is -0.143. The second-order valence-corrected chi connectivity index (χ2v) is 19.2. The number of hydrogen-bond donors (Lipinski definition) is 17. The minimum Gasteiger partial charge on any atom is -0.481 e. The number of aliphatic hydroxyl groups is 2. The van der Waals surface area contributed by atoms with Crippen molar-refractivity contribution in [1.29, 1.82) is 0 Å². The van der Waals surface area contributed by atoms with Crippen LogP contribution >= 0.6 is 12.6 Å². The number of carbonyl (C=O) groups excluding carboxylic acids is 10. The molecule has 80 heavy (non-hydrogen) atoms. The van der Waals surface area contributed by atoms with Gasteiger partial charge in [-0.2, -0.15) is 12.6 Å². The van der Waals surface area contributed by atoms with E-state index in [-0.39, 0.29) is 25.2 Å². The fraction of sp³-hybridized carbons (Fsp3) is 0.500. The monoisotopic (exact) mass is 1150 g/mol. The second kappa shape index (κ2) is 34.6. The molecule has 18 N–H and O–H groups in total. The number of carbonyl (C=O) groups is 13. The van der Waals surface area contributed by atoms with Crippen molar-refractivity contribution in [3.05, 3.63) is 71.8 Å². The Bertz CT molecular complexity index is 2490. The zero-order valence-electron chi connectivity index (χ0n) is 44.0. The van der Waals surface area contributed by atoms with Crippen molar-refractivity contribution in [2.45, 2.75) is 133 Å². The van der Waals surface area contributed by atoms with E-state index in [4.69, 9.17) is 16.6 Å². The van der Waals surface area contributed by atoms with Gasteiger partial charge in [-0.25, -0.2) is 4.79 Å². The topological polar surface area (TPSA) is 483 Å². The molecule has 29 nitrogen and oxygen atoms in total. The Labute approximate surface area is 464 Å². The van der Waals surface area contributed by atoms with Gasteiger partial charge in [0.1, 0.15) is 48.3 Å². The Morgan fingerprint density at radius 2 is 0.975 bits per heavy atom. The summed E-state index contributed by atoms with van der Waals surface area (Å²) >= 11 is 4.16. The van der Waals surface area contributed by atoms with Gasteiger partial charge in [0, 0.05) is 25.0 Å². The highest BCUT2D eigenvalue weighted by Gasteiger charge is 2.36. The van der Waals surface area contributed by atoms with Crippen LogP contribution in [-0.2, 0) is 75.2 Å². The molecule has 440 valence electrons. The Kier molecular flexibility index (Phi) is 29.4. The van der Waals surface area contributed by atoms with E-state index in [1.54, 1.807) is 74.5 Å². The molecule has 2 aromatic rings. The first-order valence-corrected chi connectivity index (χ1v) is 25.7. The molecule has 10 amide bonds. The molecule has 0 fully saturated rings. The first-order valence-electron chi connectivity index (χ1n) is 25.0. The van der Waals surface area contributed by atoms with E-state index >= 15 is 0 Å². The maximum absolute atomic E-state index is 13.9. The molecule has 10 atom stereocenters. The molecule has 0 bridgehead atoms. The van der Waals surface area contributed by atoms with Crippen molar-refractivity contribution in [2.75, 3.05) is 18.9 Å². The molecule has 0 aliphatic rings. The van der Waals surface area contributed by atoms with Crippen LogP contribution in [0.2, 0.25) is 0 Å². The number of primary amides is 1. The van der Waals surface area contributed by atoms with Gasteiger partial charge >= 0.3 is 17.9 Å². The summed E-state index contributed by atoms with van der Waals surface area (Å²) in [6.07, 6.45) is -5.36. The molecule has 0 heterocycles. The summed E-state index contributed by atoms with van der Waals surface area (Å²) in [7, 11) is 0. The van der Waals surface area contributed by atoms with Crippen LogP contribution in [0.5, 0.6) is 0 Å². The second-order valence-electron chi connectivity index (χ2n) is 18.8. The fourth-order valence-corrected chi connectivity index (χ4v) is 7.66. The Morgan fingerprint density at radius 1 is 0.525 bits per heavy atom. The van der Waals surface area contributed by atoms with Gasteiger partial charge in [-0.1, -0.05) is 74.5 Å². The first kappa shape index (κ1) is 67.9. The average Bonchev–Trinajstić information content (AvgIpc) is 3.39. The van der Waals surface area contributed by atoms with E-state index in [0.717, 1.165) is 12.5 Å². The minimum atomic E-state index is -2.01. The average molecular weight is 1150 g/mol. The summed E-state index contributed by atoms with van der Waals surface area (Å²) < 4.78 is 0. The lowest BCUT2D eigenvalue weighted by Crippen LogP contribution is -2.62. The standard InChI is InChI=1S/C50H71N11O18S/c1-25(2)18-32(45(73)56-31(50(78)79)15-17-40(68)69)54-38(65)22-53-43(71)34(21-37(52)64)58-49(77)41(26(3)63)61-44(72)30(14-16-39(66)67)55-48(76)36(24-80)60-46(74)33(20-28-12-8-5-9-13-28)57-47(75)35(23-62)59-42(70)29(51)19-27-10-6-4-7-11-27/h4-13,25-26,29-36,41,62-63,80H,14-24,51H2,1-3H3,(H2,52,64)(H,53,71)(H,54,65)(H,55,76)(H,56,73)(H,57,75)(H,58,77)(H,59,70)(H,60,74)(H,61,72)(H,66,67)(H,68,69)(H,78,79)/t26-,29+,30+,31+,32+,33+,34+,35+,36+,41+/m1/s1. The number of benzene rings is 2. The smallest absolute Gasteiger partial charge is 0.326 e. The predicted octanol–water partition coefficient (Wildman–Crippen LogP) is -5.17. The van der Waals surface area contributed by atoms with Gasteiger partial charge < -0.3 is 84.9 Å². The van der Waals surface area contributed by atoms with E-state index in [0.29, 0.717) is 5.56 Å². The molecule has 0 aliphatic heterocycles. The van der Waals surface area contributed by atoms with E-state index in [1.807, 2.05) is 0 Å². The molecule has 0 spiro atoms. The Balaban J connectivity index is 2.26.